The highest BCUT2D eigenvalue weighted by molar-refractivity contribution is 6.30. The third kappa shape index (κ3) is 4.45. The molecule has 0 bridgehead atoms. The van der Waals surface area contributed by atoms with Gasteiger partial charge in [0, 0.05) is 49.8 Å². The van der Waals surface area contributed by atoms with Crippen molar-refractivity contribution < 1.29 is 0 Å². The number of piperazine rings is 1. The molecule has 4 heteroatoms. The van der Waals surface area contributed by atoms with Gasteiger partial charge in [-0.2, -0.15) is 0 Å². The topological polar surface area (TPSA) is 32.5 Å². The van der Waals surface area contributed by atoms with Gasteiger partial charge in [0.2, 0.25) is 0 Å². The summed E-state index contributed by atoms with van der Waals surface area (Å²) in [6.45, 7) is 10.3. The number of hydrogen-bond donors (Lipinski definition) is 1. The second-order valence-corrected chi connectivity index (χ2v) is 6.35. The Morgan fingerprint density at radius 2 is 1.70 bits per heavy atom. The first-order valence-corrected chi connectivity index (χ1v) is 7.91. The van der Waals surface area contributed by atoms with Crippen LogP contribution in [0, 0.1) is 0 Å². The van der Waals surface area contributed by atoms with E-state index in [1.807, 2.05) is 24.3 Å². The predicted molar refractivity (Wildman–Crippen MR) is 86.1 cm³/mol. The molecule has 0 amide bonds. The van der Waals surface area contributed by atoms with Crippen molar-refractivity contribution >= 4 is 11.6 Å². The van der Waals surface area contributed by atoms with Crippen LogP contribution in [0.2, 0.25) is 5.02 Å². The summed E-state index contributed by atoms with van der Waals surface area (Å²) in [5, 5.41) is 0.769. The fourth-order valence-electron chi connectivity index (χ4n) is 2.70. The molecule has 1 aliphatic rings. The van der Waals surface area contributed by atoms with Crippen LogP contribution >= 0.6 is 11.6 Å². The van der Waals surface area contributed by atoms with Gasteiger partial charge in [0.25, 0.3) is 0 Å². The normalized spacial score (nSPS) is 19.4. The molecule has 0 radical (unpaired) electrons. The summed E-state index contributed by atoms with van der Waals surface area (Å²) in [7, 11) is 0. The summed E-state index contributed by atoms with van der Waals surface area (Å²) in [4.78, 5) is 5.06. The fraction of sp³-hybridized carbons (Fsp3) is 0.625. The lowest BCUT2D eigenvalue weighted by molar-refractivity contribution is 0.106. The van der Waals surface area contributed by atoms with Gasteiger partial charge in [-0.05, 0) is 38.0 Å². The third-order valence-electron chi connectivity index (χ3n) is 4.19. The SMILES string of the molecule is CC(C)N1CCN(CCC(N)c2ccc(Cl)cc2)CC1. The minimum absolute atomic E-state index is 0.107. The number of nitrogens with two attached hydrogens (primary N) is 1. The highest BCUT2D eigenvalue weighted by atomic mass is 35.5. The number of nitrogens with zero attached hydrogens (tertiary/aromatic N) is 2. The van der Waals surface area contributed by atoms with Crippen LogP contribution in [-0.4, -0.2) is 48.6 Å². The Hall–Kier alpha value is -0.610. The number of hydrogen-bond acceptors (Lipinski definition) is 3. The molecule has 1 aromatic carbocycles. The quantitative estimate of drug-likeness (QED) is 0.906. The summed E-state index contributed by atoms with van der Waals surface area (Å²) in [5.74, 6) is 0. The zero-order valence-electron chi connectivity index (χ0n) is 12.6. The molecule has 0 saturated carbocycles. The van der Waals surface area contributed by atoms with E-state index in [4.69, 9.17) is 17.3 Å². The summed E-state index contributed by atoms with van der Waals surface area (Å²) >= 11 is 5.90. The molecule has 1 heterocycles. The molecular weight excluding hydrogens is 270 g/mol. The van der Waals surface area contributed by atoms with Gasteiger partial charge >= 0.3 is 0 Å². The molecule has 2 N–H and O–H groups in total. The standard InChI is InChI=1S/C16H26ClN3/c1-13(2)20-11-9-19(10-12-20)8-7-16(18)14-3-5-15(17)6-4-14/h3-6,13,16H,7-12,18H2,1-2H3. The first kappa shape index (κ1) is 15.8. The highest BCUT2D eigenvalue weighted by Crippen LogP contribution is 2.18. The van der Waals surface area contributed by atoms with Crippen molar-refractivity contribution in [3.63, 3.8) is 0 Å². The maximum absolute atomic E-state index is 6.26. The Kier molecular flexibility index (Phi) is 5.85. The molecule has 1 saturated heterocycles. The monoisotopic (exact) mass is 295 g/mol. The molecule has 1 aromatic rings. The van der Waals surface area contributed by atoms with Crippen molar-refractivity contribution in [3.8, 4) is 0 Å². The molecule has 1 atom stereocenters. The fourth-order valence-corrected chi connectivity index (χ4v) is 2.83. The lowest BCUT2D eigenvalue weighted by Crippen LogP contribution is -2.49. The maximum atomic E-state index is 6.26. The molecule has 112 valence electrons. The Bertz CT molecular complexity index is 397. The zero-order valence-corrected chi connectivity index (χ0v) is 13.3. The van der Waals surface area contributed by atoms with E-state index in [2.05, 4.69) is 23.6 Å². The lowest BCUT2D eigenvalue weighted by Gasteiger charge is -2.37. The Morgan fingerprint density at radius 1 is 1.10 bits per heavy atom. The molecule has 1 fully saturated rings. The molecule has 0 aliphatic carbocycles. The minimum Gasteiger partial charge on any atom is -0.324 e. The van der Waals surface area contributed by atoms with Gasteiger partial charge in [-0.3, -0.25) is 4.90 Å². The van der Waals surface area contributed by atoms with E-state index in [0.29, 0.717) is 6.04 Å². The van der Waals surface area contributed by atoms with Gasteiger partial charge in [-0.1, -0.05) is 23.7 Å². The van der Waals surface area contributed by atoms with Gasteiger partial charge in [-0.25, -0.2) is 0 Å². The van der Waals surface area contributed by atoms with Crippen molar-refractivity contribution in [2.24, 2.45) is 5.73 Å². The number of halogens is 1. The van der Waals surface area contributed by atoms with E-state index in [0.717, 1.165) is 31.1 Å². The smallest absolute Gasteiger partial charge is 0.0406 e. The Labute approximate surface area is 127 Å². The molecule has 1 unspecified atom stereocenters. The number of rotatable bonds is 5. The van der Waals surface area contributed by atoms with Crippen LogP contribution in [0.25, 0.3) is 0 Å². The minimum atomic E-state index is 0.107. The van der Waals surface area contributed by atoms with Gasteiger partial charge < -0.3 is 10.6 Å². The van der Waals surface area contributed by atoms with Crippen molar-refractivity contribution in [2.75, 3.05) is 32.7 Å². The van der Waals surface area contributed by atoms with E-state index in [1.54, 1.807) is 0 Å². The van der Waals surface area contributed by atoms with Gasteiger partial charge in [-0.15, -0.1) is 0 Å². The average Bonchev–Trinajstić information content (AvgIpc) is 2.46. The van der Waals surface area contributed by atoms with Gasteiger partial charge in [0.1, 0.15) is 0 Å². The maximum Gasteiger partial charge on any atom is 0.0406 e. The second kappa shape index (κ2) is 7.41. The third-order valence-corrected chi connectivity index (χ3v) is 4.44. The first-order chi connectivity index (χ1) is 9.56. The molecule has 2 rings (SSSR count). The van der Waals surface area contributed by atoms with Crippen LogP contribution in [0.5, 0.6) is 0 Å². The molecular formula is C16H26ClN3. The van der Waals surface area contributed by atoms with E-state index in [9.17, 15) is 0 Å². The molecule has 3 nitrogen and oxygen atoms in total. The molecule has 1 aliphatic heterocycles. The summed E-state index contributed by atoms with van der Waals surface area (Å²) in [5.41, 5.74) is 7.43. The van der Waals surface area contributed by atoms with Crippen molar-refractivity contribution in [1.29, 1.82) is 0 Å². The Balaban J connectivity index is 1.74. The van der Waals surface area contributed by atoms with E-state index in [1.165, 1.54) is 18.7 Å². The Morgan fingerprint density at radius 3 is 2.25 bits per heavy atom. The average molecular weight is 296 g/mol. The van der Waals surface area contributed by atoms with Crippen LogP contribution in [0.4, 0.5) is 0 Å². The van der Waals surface area contributed by atoms with E-state index in [-0.39, 0.29) is 6.04 Å². The van der Waals surface area contributed by atoms with Crippen molar-refractivity contribution in [3.05, 3.63) is 34.9 Å². The van der Waals surface area contributed by atoms with Crippen LogP contribution in [0.15, 0.2) is 24.3 Å². The molecule has 0 spiro atoms. The number of benzene rings is 1. The second-order valence-electron chi connectivity index (χ2n) is 5.92. The highest BCUT2D eigenvalue weighted by Gasteiger charge is 2.19. The molecule has 0 aromatic heterocycles. The summed E-state index contributed by atoms with van der Waals surface area (Å²) in [6.07, 6.45) is 1.00. The largest absolute Gasteiger partial charge is 0.324 e. The van der Waals surface area contributed by atoms with Gasteiger partial charge in [0.15, 0.2) is 0 Å². The first-order valence-electron chi connectivity index (χ1n) is 7.53. The van der Waals surface area contributed by atoms with Crippen molar-refractivity contribution in [2.45, 2.75) is 32.4 Å². The van der Waals surface area contributed by atoms with E-state index >= 15 is 0 Å². The summed E-state index contributed by atoms with van der Waals surface area (Å²) < 4.78 is 0. The predicted octanol–water partition coefficient (Wildman–Crippen LogP) is 2.76. The van der Waals surface area contributed by atoms with Crippen LogP contribution in [0.1, 0.15) is 31.9 Å². The van der Waals surface area contributed by atoms with Gasteiger partial charge in [0.05, 0.1) is 0 Å². The van der Waals surface area contributed by atoms with E-state index < -0.39 is 0 Å². The zero-order chi connectivity index (χ0) is 14.5. The van der Waals surface area contributed by atoms with Crippen LogP contribution in [0.3, 0.4) is 0 Å². The van der Waals surface area contributed by atoms with Crippen LogP contribution < -0.4 is 5.73 Å². The molecule has 20 heavy (non-hydrogen) atoms. The van der Waals surface area contributed by atoms with Crippen LogP contribution in [-0.2, 0) is 0 Å². The summed E-state index contributed by atoms with van der Waals surface area (Å²) in [6, 6.07) is 8.66. The van der Waals surface area contributed by atoms with Crippen molar-refractivity contribution in [1.82, 2.24) is 9.80 Å². The lowest BCUT2D eigenvalue weighted by atomic mass is 10.0.